The molecule has 0 fully saturated rings. The second-order valence-electron chi connectivity index (χ2n) is 6.73. The number of benzene rings is 2. The van der Waals surface area contributed by atoms with Crippen LogP contribution in [0.2, 0.25) is 5.02 Å². The van der Waals surface area contributed by atoms with Gasteiger partial charge in [0.2, 0.25) is 0 Å². The summed E-state index contributed by atoms with van der Waals surface area (Å²) in [5, 5.41) is 4.14. The van der Waals surface area contributed by atoms with Crippen LogP contribution in [0.3, 0.4) is 0 Å². The molecule has 0 bridgehead atoms. The van der Waals surface area contributed by atoms with Crippen LogP contribution in [0.4, 0.5) is 5.69 Å². The molecule has 1 N–H and O–H groups in total. The zero-order valence-corrected chi connectivity index (χ0v) is 17.4. The highest BCUT2D eigenvalue weighted by atomic mass is 35.5. The largest absolute Gasteiger partial charge is 0.462 e. The fourth-order valence-electron chi connectivity index (χ4n) is 2.78. The molecule has 1 atom stereocenters. The molecule has 3 nitrogen and oxygen atoms in total. The number of hydrogen-bond donors (Lipinski definition) is 1. The number of carbonyl (C=O) groups is 1. The van der Waals surface area contributed by atoms with Crippen LogP contribution < -0.4 is 5.32 Å². The summed E-state index contributed by atoms with van der Waals surface area (Å²) in [6, 6.07) is 15.4. The van der Waals surface area contributed by atoms with Gasteiger partial charge in [-0.15, -0.1) is 5.92 Å². The molecule has 0 aromatic heterocycles. The molecule has 2 rings (SSSR count). The Morgan fingerprint density at radius 1 is 1.11 bits per heavy atom. The molecule has 0 aliphatic rings. The van der Waals surface area contributed by atoms with Gasteiger partial charge in [-0.25, -0.2) is 4.79 Å². The van der Waals surface area contributed by atoms with Gasteiger partial charge in [0.25, 0.3) is 0 Å². The van der Waals surface area contributed by atoms with Gasteiger partial charge in [-0.1, -0.05) is 36.6 Å². The van der Waals surface area contributed by atoms with E-state index < -0.39 is 0 Å². The average Bonchev–Trinajstić information content (AvgIpc) is 2.69. The van der Waals surface area contributed by atoms with Crippen molar-refractivity contribution in [3.63, 3.8) is 0 Å². The summed E-state index contributed by atoms with van der Waals surface area (Å²) in [5.41, 5.74) is 2.86. The van der Waals surface area contributed by atoms with Crippen molar-refractivity contribution in [1.29, 1.82) is 0 Å². The van der Waals surface area contributed by atoms with E-state index >= 15 is 0 Å². The molecule has 0 radical (unpaired) electrons. The SMILES string of the molecule is CCOC(=O)c1ccc(NCCCCC#CC(C)Cc2ccc(Cl)cc2)cc1. The first-order valence-electron chi connectivity index (χ1n) is 9.82. The summed E-state index contributed by atoms with van der Waals surface area (Å²) >= 11 is 5.91. The third-order valence-corrected chi connectivity index (χ3v) is 4.51. The molecule has 0 aliphatic carbocycles. The van der Waals surface area contributed by atoms with Crippen LogP contribution in [-0.4, -0.2) is 19.1 Å². The topological polar surface area (TPSA) is 38.3 Å². The van der Waals surface area contributed by atoms with Crippen molar-refractivity contribution in [2.45, 2.75) is 39.5 Å². The zero-order chi connectivity index (χ0) is 20.2. The minimum Gasteiger partial charge on any atom is -0.462 e. The Balaban J connectivity index is 1.61. The number of hydrogen-bond acceptors (Lipinski definition) is 3. The van der Waals surface area contributed by atoms with Crippen molar-refractivity contribution in [3.05, 3.63) is 64.7 Å². The quantitative estimate of drug-likeness (QED) is 0.321. The van der Waals surface area contributed by atoms with E-state index in [9.17, 15) is 4.79 Å². The maximum Gasteiger partial charge on any atom is 0.338 e. The molecule has 0 aliphatic heterocycles. The predicted octanol–water partition coefficient (Wildman–Crippen LogP) is 5.98. The standard InChI is InChI=1S/C24H28ClNO2/c1-3-28-24(27)21-11-15-23(16-12-21)26-17-7-5-4-6-8-19(2)18-20-9-13-22(25)14-10-20/h9-16,19,26H,3-5,7,17-18H2,1-2H3. The lowest BCUT2D eigenvalue weighted by Gasteiger charge is -2.07. The number of esters is 1. The number of nitrogens with one attached hydrogen (secondary N) is 1. The Labute approximate surface area is 173 Å². The number of halogens is 1. The molecule has 2 aromatic rings. The molecule has 0 spiro atoms. The van der Waals surface area contributed by atoms with Crippen LogP contribution in [0.5, 0.6) is 0 Å². The van der Waals surface area contributed by atoms with Crippen LogP contribution in [0.25, 0.3) is 0 Å². The number of anilines is 1. The number of unbranched alkanes of at least 4 members (excludes halogenated alkanes) is 2. The van der Waals surface area contributed by atoms with E-state index in [-0.39, 0.29) is 5.97 Å². The first-order chi connectivity index (χ1) is 13.6. The van der Waals surface area contributed by atoms with Gasteiger partial charge in [-0.2, -0.15) is 0 Å². The normalized spacial score (nSPS) is 11.2. The highest BCUT2D eigenvalue weighted by molar-refractivity contribution is 6.30. The van der Waals surface area contributed by atoms with E-state index in [2.05, 4.69) is 36.2 Å². The first kappa shape index (κ1) is 21.9. The Bertz CT molecular complexity index is 788. The maximum absolute atomic E-state index is 11.6. The fourth-order valence-corrected chi connectivity index (χ4v) is 2.91. The molecule has 2 aromatic carbocycles. The number of rotatable bonds is 9. The van der Waals surface area contributed by atoms with Gasteiger partial charge in [0, 0.05) is 29.6 Å². The number of ether oxygens (including phenoxy) is 1. The van der Waals surface area contributed by atoms with Crippen molar-refractivity contribution in [2.75, 3.05) is 18.5 Å². The second kappa shape index (κ2) is 12.1. The van der Waals surface area contributed by atoms with Crippen LogP contribution in [0.15, 0.2) is 48.5 Å². The third kappa shape index (κ3) is 8.06. The summed E-state index contributed by atoms with van der Waals surface area (Å²) in [7, 11) is 0. The van der Waals surface area contributed by atoms with E-state index in [1.807, 2.05) is 24.3 Å². The molecule has 28 heavy (non-hydrogen) atoms. The second-order valence-corrected chi connectivity index (χ2v) is 7.17. The van der Waals surface area contributed by atoms with Crippen LogP contribution in [0.1, 0.15) is 49.0 Å². The van der Waals surface area contributed by atoms with Gasteiger partial charge in [0.05, 0.1) is 12.2 Å². The van der Waals surface area contributed by atoms with Crippen LogP contribution >= 0.6 is 11.6 Å². The molecular formula is C24H28ClNO2. The van der Waals surface area contributed by atoms with Crippen molar-refractivity contribution < 1.29 is 9.53 Å². The Hall–Kier alpha value is -2.44. The van der Waals surface area contributed by atoms with Gasteiger partial charge in [-0.05, 0) is 68.1 Å². The summed E-state index contributed by atoms with van der Waals surface area (Å²) in [6.07, 6.45) is 3.98. The van der Waals surface area contributed by atoms with E-state index in [4.69, 9.17) is 16.3 Å². The Morgan fingerprint density at radius 2 is 1.82 bits per heavy atom. The highest BCUT2D eigenvalue weighted by Gasteiger charge is 2.05. The van der Waals surface area contributed by atoms with E-state index in [0.717, 1.165) is 42.9 Å². The van der Waals surface area contributed by atoms with E-state index in [0.29, 0.717) is 18.1 Å². The summed E-state index contributed by atoms with van der Waals surface area (Å²) < 4.78 is 4.98. The maximum atomic E-state index is 11.6. The van der Waals surface area contributed by atoms with Gasteiger partial charge in [0.15, 0.2) is 0 Å². The lowest BCUT2D eigenvalue weighted by molar-refractivity contribution is 0.0526. The Kier molecular flexibility index (Phi) is 9.45. The highest BCUT2D eigenvalue weighted by Crippen LogP contribution is 2.13. The molecule has 0 saturated carbocycles. The monoisotopic (exact) mass is 397 g/mol. The minimum atomic E-state index is -0.280. The molecule has 1 unspecified atom stereocenters. The summed E-state index contributed by atoms with van der Waals surface area (Å²) in [4.78, 5) is 11.6. The van der Waals surface area contributed by atoms with Crippen LogP contribution in [0, 0.1) is 17.8 Å². The zero-order valence-electron chi connectivity index (χ0n) is 16.6. The minimum absolute atomic E-state index is 0.280. The lowest BCUT2D eigenvalue weighted by atomic mass is 10.0. The van der Waals surface area contributed by atoms with E-state index in [1.165, 1.54) is 5.56 Å². The molecule has 0 saturated heterocycles. The predicted molar refractivity (Wildman–Crippen MR) is 117 cm³/mol. The van der Waals surface area contributed by atoms with Gasteiger partial charge < -0.3 is 10.1 Å². The molecule has 148 valence electrons. The van der Waals surface area contributed by atoms with Gasteiger partial charge in [0.1, 0.15) is 0 Å². The molecular weight excluding hydrogens is 370 g/mol. The van der Waals surface area contributed by atoms with Crippen LogP contribution in [-0.2, 0) is 11.2 Å². The molecule has 0 heterocycles. The van der Waals surface area contributed by atoms with Crippen molar-refractivity contribution >= 4 is 23.3 Å². The smallest absolute Gasteiger partial charge is 0.338 e. The van der Waals surface area contributed by atoms with Crippen molar-refractivity contribution in [3.8, 4) is 11.8 Å². The fraction of sp³-hybridized carbons (Fsp3) is 0.375. The first-order valence-corrected chi connectivity index (χ1v) is 10.2. The molecule has 4 heteroatoms. The van der Waals surface area contributed by atoms with Crippen molar-refractivity contribution in [2.24, 2.45) is 5.92 Å². The summed E-state index contributed by atoms with van der Waals surface area (Å²) in [6.45, 7) is 5.24. The number of carbonyl (C=O) groups excluding carboxylic acids is 1. The third-order valence-electron chi connectivity index (χ3n) is 4.26. The van der Waals surface area contributed by atoms with Crippen molar-refractivity contribution in [1.82, 2.24) is 0 Å². The van der Waals surface area contributed by atoms with Gasteiger partial charge >= 0.3 is 5.97 Å². The summed E-state index contributed by atoms with van der Waals surface area (Å²) in [5.74, 6) is 6.69. The van der Waals surface area contributed by atoms with E-state index in [1.54, 1.807) is 19.1 Å². The molecule has 0 amide bonds. The Morgan fingerprint density at radius 3 is 2.50 bits per heavy atom. The lowest BCUT2D eigenvalue weighted by Crippen LogP contribution is -2.05. The van der Waals surface area contributed by atoms with Gasteiger partial charge in [-0.3, -0.25) is 0 Å². The average molecular weight is 398 g/mol.